The predicted molar refractivity (Wildman–Crippen MR) is 68.3 cm³/mol. The van der Waals surface area contributed by atoms with Crippen LogP contribution in [0.1, 0.15) is 39.3 Å². The van der Waals surface area contributed by atoms with Crippen LogP contribution >= 0.6 is 0 Å². The number of aryl methyl sites for hydroxylation is 1. The highest BCUT2D eigenvalue weighted by atomic mass is 16.5. The van der Waals surface area contributed by atoms with Crippen molar-refractivity contribution in [1.29, 1.82) is 0 Å². The Morgan fingerprint density at radius 3 is 2.35 bits per heavy atom. The van der Waals surface area contributed by atoms with Crippen molar-refractivity contribution in [2.24, 2.45) is 7.05 Å². The zero-order chi connectivity index (χ0) is 13.0. The molecule has 0 spiro atoms. The second-order valence-electron chi connectivity index (χ2n) is 4.65. The molecule has 0 amide bonds. The Morgan fingerprint density at radius 2 is 1.88 bits per heavy atom. The lowest BCUT2D eigenvalue weighted by molar-refractivity contribution is 0.0535. The van der Waals surface area contributed by atoms with E-state index in [9.17, 15) is 0 Å². The smallest absolute Gasteiger partial charge is 0.235 e. The fourth-order valence-corrected chi connectivity index (χ4v) is 1.56. The van der Waals surface area contributed by atoms with Crippen molar-refractivity contribution in [2.75, 3.05) is 18.9 Å². The van der Waals surface area contributed by atoms with Gasteiger partial charge < -0.3 is 15.2 Å². The van der Waals surface area contributed by atoms with Gasteiger partial charge in [-0.05, 0) is 19.8 Å². The van der Waals surface area contributed by atoms with E-state index in [0.717, 1.165) is 5.69 Å². The van der Waals surface area contributed by atoms with Gasteiger partial charge in [-0.1, -0.05) is 13.8 Å². The molecular formula is C12H23N3O2. The van der Waals surface area contributed by atoms with Gasteiger partial charge in [0.15, 0.2) is 0 Å². The zero-order valence-corrected chi connectivity index (χ0v) is 11.4. The molecule has 0 fully saturated rings. The first-order valence-corrected chi connectivity index (χ1v) is 6.00. The van der Waals surface area contributed by atoms with Gasteiger partial charge in [0.25, 0.3) is 0 Å². The Balaban J connectivity index is 2.59. The maximum Gasteiger partial charge on any atom is 0.235 e. The molecule has 0 aliphatic carbocycles. The molecule has 1 heterocycles. The summed E-state index contributed by atoms with van der Waals surface area (Å²) in [7, 11) is 1.83. The molecule has 0 bridgehead atoms. The van der Waals surface area contributed by atoms with E-state index in [1.54, 1.807) is 4.68 Å². The summed E-state index contributed by atoms with van der Waals surface area (Å²) in [5.74, 6) is 0.923. The zero-order valence-electron chi connectivity index (χ0n) is 11.4. The number of nitrogen functional groups attached to an aromatic ring is 1. The number of ether oxygens (including phenoxy) is 2. The van der Waals surface area contributed by atoms with E-state index in [1.165, 1.54) is 0 Å². The quantitative estimate of drug-likeness (QED) is 0.773. The molecule has 0 aliphatic heterocycles. The molecule has 0 saturated heterocycles. The van der Waals surface area contributed by atoms with E-state index in [1.807, 2.05) is 20.9 Å². The van der Waals surface area contributed by atoms with Crippen molar-refractivity contribution in [3.8, 4) is 5.88 Å². The van der Waals surface area contributed by atoms with Crippen molar-refractivity contribution in [3.63, 3.8) is 0 Å². The Kier molecular flexibility index (Phi) is 4.81. The summed E-state index contributed by atoms with van der Waals surface area (Å²) < 4.78 is 12.7. The Labute approximate surface area is 103 Å². The maximum atomic E-state index is 6.00. The minimum absolute atomic E-state index is 0.216. The molecule has 1 aromatic rings. The molecule has 1 rings (SSSR count). The van der Waals surface area contributed by atoms with Gasteiger partial charge in [0, 0.05) is 7.05 Å². The van der Waals surface area contributed by atoms with Gasteiger partial charge in [-0.2, -0.15) is 5.10 Å². The summed E-state index contributed by atoms with van der Waals surface area (Å²) in [6.45, 7) is 9.15. The van der Waals surface area contributed by atoms with Crippen molar-refractivity contribution >= 4 is 5.69 Å². The highest BCUT2D eigenvalue weighted by molar-refractivity contribution is 5.54. The topological polar surface area (TPSA) is 62.3 Å². The largest absolute Gasteiger partial charge is 0.474 e. The SMILES string of the molecule is CC(C)OCCOc1c(N)c(C(C)C)nn1C. The Bertz CT molecular complexity index is 359. The third-order valence-corrected chi connectivity index (χ3v) is 2.38. The normalized spacial score (nSPS) is 11.5. The molecule has 0 unspecified atom stereocenters. The summed E-state index contributed by atoms with van der Waals surface area (Å²) in [4.78, 5) is 0. The number of anilines is 1. The van der Waals surface area contributed by atoms with Crippen LogP contribution in [-0.4, -0.2) is 29.1 Å². The number of nitrogens with zero attached hydrogens (tertiary/aromatic N) is 2. The van der Waals surface area contributed by atoms with Crippen molar-refractivity contribution < 1.29 is 9.47 Å². The number of nitrogens with two attached hydrogens (primary N) is 1. The van der Waals surface area contributed by atoms with Crippen LogP contribution in [0.25, 0.3) is 0 Å². The van der Waals surface area contributed by atoms with Crippen LogP contribution in [0.15, 0.2) is 0 Å². The number of aromatic nitrogens is 2. The van der Waals surface area contributed by atoms with Gasteiger partial charge >= 0.3 is 0 Å². The van der Waals surface area contributed by atoms with Gasteiger partial charge in [-0.3, -0.25) is 0 Å². The van der Waals surface area contributed by atoms with Crippen LogP contribution in [0.2, 0.25) is 0 Å². The van der Waals surface area contributed by atoms with Crippen molar-refractivity contribution in [2.45, 2.75) is 39.7 Å². The Morgan fingerprint density at radius 1 is 1.24 bits per heavy atom. The Hall–Kier alpha value is -1.23. The molecule has 0 aromatic carbocycles. The van der Waals surface area contributed by atoms with Gasteiger partial charge in [0.2, 0.25) is 5.88 Å². The highest BCUT2D eigenvalue weighted by Crippen LogP contribution is 2.29. The standard InChI is InChI=1S/C12H23N3O2/c1-8(2)11-10(13)12(15(5)14-11)17-7-6-16-9(3)4/h8-9H,6-7,13H2,1-5H3. The van der Waals surface area contributed by atoms with Crippen LogP contribution in [0.4, 0.5) is 5.69 Å². The van der Waals surface area contributed by atoms with Gasteiger partial charge in [0.05, 0.1) is 18.4 Å². The molecule has 5 nitrogen and oxygen atoms in total. The summed E-state index contributed by atoms with van der Waals surface area (Å²) in [6.07, 6.45) is 0.216. The van der Waals surface area contributed by atoms with Crippen LogP contribution in [0, 0.1) is 0 Å². The molecule has 0 aliphatic rings. The number of hydrogen-bond donors (Lipinski definition) is 1. The second kappa shape index (κ2) is 5.91. The summed E-state index contributed by atoms with van der Waals surface area (Å²) in [6, 6.07) is 0. The molecule has 0 radical (unpaired) electrons. The number of hydrogen-bond acceptors (Lipinski definition) is 4. The lowest BCUT2D eigenvalue weighted by Crippen LogP contribution is -2.13. The molecule has 17 heavy (non-hydrogen) atoms. The van der Waals surface area contributed by atoms with E-state index in [0.29, 0.717) is 30.7 Å². The maximum absolute atomic E-state index is 6.00. The first-order valence-electron chi connectivity index (χ1n) is 6.00. The highest BCUT2D eigenvalue weighted by Gasteiger charge is 2.16. The summed E-state index contributed by atoms with van der Waals surface area (Å²) in [5.41, 5.74) is 7.51. The third-order valence-electron chi connectivity index (χ3n) is 2.38. The van der Waals surface area contributed by atoms with Crippen LogP contribution < -0.4 is 10.5 Å². The van der Waals surface area contributed by atoms with E-state index < -0.39 is 0 Å². The molecule has 2 N–H and O–H groups in total. The first kappa shape index (κ1) is 13.8. The molecule has 5 heteroatoms. The minimum atomic E-state index is 0.216. The van der Waals surface area contributed by atoms with E-state index in [4.69, 9.17) is 15.2 Å². The van der Waals surface area contributed by atoms with Gasteiger partial charge in [-0.15, -0.1) is 0 Å². The monoisotopic (exact) mass is 241 g/mol. The van der Waals surface area contributed by atoms with E-state index in [-0.39, 0.29) is 6.10 Å². The fraction of sp³-hybridized carbons (Fsp3) is 0.750. The van der Waals surface area contributed by atoms with E-state index >= 15 is 0 Å². The fourth-order valence-electron chi connectivity index (χ4n) is 1.56. The van der Waals surface area contributed by atoms with Crippen LogP contribution in [0.3, 0.4) is 0 Å². The predicted octanol–water partition coefficient (Wildman–Crippen LogP) is 1.93. The molecule has 1 aromatic heterocycles. The van der Waals surface area contributed by atoms with Gasteiger partial charge in [0.1, 0.15) is 12.3 Å². The molecule has 98 valence electrons. The molecular weight excluding hydrogens is 218 g/mol. The third kappa shape index (κ3) is 3.63. The molecule has 0 atom stereocenters. The lowest BCUT2D eigenvalue weighted by atomic mass is 10.1. The second-order valence-corrected chi connectivity index (χ2v) is 4.65. The van der Waals surface area contributed by atoms with Gasteiger partial charge in [-0.25, -0.2) is 4.68 Å². The van der Waals surface area contributed by atoms with E-state index in [2.05, 4.69) is 18.9 Å². The molecule has 0 saturated carbocycles. The average Bonchev–Trinajstić information content (AvgIpc) is 2.50. The van der Waals surface area contributed by atoms with Crippen molar-refractivity contribution in [3.05, 3.63) is 5.69 Å². The number of rotatable bonds is 6. The lowest BCUT2D eigenvalue weighted by Gasteiger charge is -2.09. The minimum Gasteiger partial charge on any atom is -0.474 e. The van der Waals surface area contributed by atoms with Crippen molar-refractivity contribution in [1.82, 2.24) is 9.78 Å². The first-order chi connectivity index (χ1) is 7.93. The summed E-state index contributed by atoms with van der Waals surface area (Å²) >= 11 is 0. The van der Waals surface area contributed by atoms with Crippen LogP contribution in [-0.2, 0) is 11.8 Å². The average molecular weight is 241 g/mol. The summed E-state index contributed by atoms with van der Waals surface area (Å²) in [5, 5.41) is 4.35. The van der Waals surface area contributed by atoms with Crippen LogP contribution in [0.5, 0.6) is 5.88 Å².